The molecular formula is C21H14ClF3N2O3S2. The van der Waals surface area contributed by atoms with Gasteiger partial charge in [-0.15, -0.1) is 0 Å². The number of ether oxygens (including phenoxy) is 1. The lowest BCUT2D eigenvalue weighted by atomic mass is 10.0. The molecule has 0 saturated heterocycles. The summed E-state index contributed by atoms with van der Waals surface area (Å²) in [4.78, 5) is 3.97. The van der Waals surface area contributed by atoms with Crippen LogP contribution >= 0.6 is 22.9 Å². The Labute approximate surface area is 190 Å². The van der Waals surface area contributed by atoms with Crippen LogP contribution in [-0.4, -0.2) is 13.4 Å². The third-order valence-corrected chi connectivity index (χ3v) is 6.69. The van der Waals surface area contributed by atoms with Crippen LogP contribution in [-0.2, 0) is 16.2 Å². The van der Waals surface area contributed by atoms with E-state index in [1.165, 1.54) is 29.5 Å². The highest BCUT2D eigenvalue weighted by Crippen LogP contribution is 2.39. The van der Waals surface area contributed by atoms with Crippen LogP contribution in [0.2, 0.25) is 5.02 Å². The first-order valence-corrected chi connectivity index (χ1v) is 11.7. The topological polar surface area (TPSA) is 82.3 Å². The maximum absolute atomic E-state index is 13.3. The van der Waals surface area contributed by atoms with E-state index in [2.05, 4.69) is 4.98 Å². The number of fused-ring (bicyclic) bond motifs is 1. The normalized spacial score (nSPS) is 12.3. The molecule has 166 valence electrons. The van der Waals surface area contributed by atoms with Crippen molar-refractivity contribution >= 4 is 43.2 Å². The van der Waals surface area contributed by atoms with Gasteiger partial charge in [-0.25, -0.2) is 18.5 Å². The summed E-state index contributed by atoms with van der Waals surface area (Å²) < 4.78 is 70.5. The van der Waals surface area contributed by atoms with Crippen molar-refractivity contribution in [2.75, 3.05) is 0 Å². The van der Waals surface area contributed by atoms with Crippen molar-refractivity contribution in [2.45, 2.75) is 18.0 Å². The summed E-state index contributed by atoms with van der Waals surface area (Å²) in [5.41, 5.74) is 0.560. The van der Waals surface area contributed by atoms with Crippen LogP contribution in [0.4, 0.5) is 13.2 Å². The van der Waals surface area contributed by atoms with Crippen molar-refractivity contribution < 1.29 is 26.3 Å². The van der Waals surface area contributed by atoms with Crippen molar-refractivity contribution in [3.05, 3.63) is 70.7 Å². The number of hydrogen-bond acceptors (Lipinski definition) is 5. The van der Waals surface area contributed by atoms with E-state index in [0.29, 0.717) is 11.3 Å². The van der Waals surface area contributed by atoms with Gasteiger partial charge in [0.25, 0.3) is 5.19 Å². The van der Waals surface area contributed by atoms with Gasteiger partial charge in [0.1, 0.15) is 5.75 Å². The molecule has 0 saturated carbocycles. The van der Waals surface area contributed by atoms with E-state index in [0.717, 1.165) is 27.9 Å². The number of benzene rings is 3. The van der Waals surface area contributed by atoms with E-state index >= 15 is 0 Å². The average Bonchev–Trinajstić information content (AvgIpc) is 3.09. The molecule has 0 radical (unpaired) electrons. The second-order valence-electron chi connectivity index (χ2n) is 6.93. The van der Waals surface area contributed by atoms with Crippen molar-refractivity contribution in [1.29, 1.82) is 0 Å². The first-order valence-electron chi connectivity index (χ1n) is 9.01. The fourth-order valence-corrected chi connectivity index (χ4v) is 5.05. The number of nitrogens with zero attached hydrogens (tertiary/aromatic N) is 1. The van der Waals surface area contributed by atoms with Gasteiger partial charge < -0.3 is 4.74 Å². The largest absolute Gasteiger partial charge is 0.431 e. The second-order valence-corrected chi connectivity index (χ2v) is 9.89. The number of thiazole rings is 1. The molecule has 5 nitrogen and oxygen atoms in total. The summed E-state index contributed by atoms with van der Waals surface area (Å²) >= 11 is 7.45. The number of primary sulfonamides is 1. The van der Waals surface area contributed by atoms with E-state index in [1.807, 2.05) is 25.1 Å². The quantitative estimate of drug-likeness (QED) is 0.354. The second kappa shape index (κ2) is 8.04. The van der Waals surface area contributed by atoms with Gasteiger partial charge in [-0.3, -0.25) is 0 Å². The van der Waals surface area contributed by atoms with Gasteiger partial charge in [0, 0.05) is 10.6 Å². The minimum absolute atomic E-state index is 0.0971. The maximum Gasteiger partial charge on any atom is 0.416 e. The van der Waals surface area contributed by atoms with Crippen LogP contribution in [0.3, 0.4) is 0 Å². The lowest BCUT2D eigenvalue weighted by molar-refractivity contribution is -0.137. The lowest BCUT2D eigenvalue weighted by Gasteiger charge is -2.14. The number of nitrogens with two attached hydrogens (primary N) is 1. The van der Waals surface area contributed by atoms with Crippen LogP contribution in [0.15, 0.2) is 59.5 Å². The molecule has 0 aliphatic carbocycles. The van der Waals surface area contributed by atoms with Crippen molar-refractivity contribution in [3.63, 3.8) is 0 Å². The molecule has 0 aliphatic rings. The van der Waals surface area contributed by atoms with Crippen molar-refractivity contribution in [1.82, 2.24) is 4.98 Å². The number of para-hydroxylation sites is 1. The van der Waals surface area contributed by atoms with Crippen LogP contribution in [0.5, 0.6) is 10.9 Å². The van der Waals surface area contributed by atoms with E-state index in [1.54, 1.807) is 0 Å². The molecule has 32 heavy (non-hydrogen) atoms. The minimum Gasteiger partial charge on any atom is -0.431 e. The number of halogens is 4. The van der Waals surface area contributed by atoms with E-state index in [9.17, 15) is 21.6 Å². The molecule has 0 atom stereocenters. The molecular weight excluding hydrogens is 485 g/mol. The number of alkyl halides is 3. The first kappa shape index (κ1) is 22.5. The van der Waals surface area contributed by atoms with Crippen LogP contribution in [0.1, 0.15) is 11.1 Å². The monoisotopic (exact) mass is 498 g/mol. The van der Waals surface area contributed by atoms with Crippen LogP contribution < -0.4 is 9.88 Å². The number of hydrogen-bond donors (Lipinski definition) is 1. The van der Waals surface area contributed by atoms with Gasteiger partial charge in [0.2, 0.25) is 10.0 Å². The Morgan fingerprint density at radius 1 is 1.09 bits per heavy atom. The third kappa shape index (κ3) is 4.58. The number of sulfonamides is 1. The molecule has 1 aromatic heterocycles. The first-order chi connectivity index (χ1) is 14.9. The van der Waals surface area contributed by atoms with Crippen LogP contribution in [0.25, 0.3) is 21.3 Å². The minimum atomic E-state index is -4.68. The fraction of sp³-hybridized carbons (Fsp3) is 0.0952. The Bertz CT molecular complexity index is 1450. The molecule has 0 spiro atoms. The van der Waals surface area contributed by atoms with Gasteiger partial charge >= 0.3 is 6.18 Å². The van der Waals surface area contributed by atoms with Crippen LogP contribution in [0, 0.1) is 6.92 Å². The molecule has 0 fully saturated rings. The molecule has 11 heteroatoms. The Morgan fingerprint density at radius 3 is 2.50 bits per heavy atom. The summed E-state index contributed by atoms with van der Waals surface area (Å²) in [6, 6.07) is 12.1. The summed E-state index contributed by atoms with van der Waals surface area (Å²) in [5.74, 6) is 0.182. The zero-order valence-corrected chi connectivity index (χ0v) is 18.7. The van der Waals surface area contributed by atoms with E-state index in [-0.39, 0.29) is 21.9 Å². The fourth-order valence-electron chi connectivity index (χ4n) is 3.17. The number of aryl methyl sites for hydroxylation is 1. The predicted molar refractivity (Wildman–Crippen MR) is 118 cm³/mol. The molecule has 0 amide bonds. The Kier molecular flexibility index (Phi) is 5.66. The summed E-state index contributed by atoms with van der Waals surface area (Å²) in [6.07, 6.45) is -4.68. The molecule has 4 aromatic rings. The van der Waals surface area contributed by atoms with Gasteiger partial charge in [-0.2, -0.15) is 13.2 Å². The zero-order chi connectivity index (χ0) is 23.3. The Hall–Kier alpha value is -2.66. The Morgan fingerprint density at radius 2 is 1.84 bits per heavy atom. The predicted octanol–water partition coefficient (Wildman–Crippen LogP) is 6.38. The standard InChI is InChI=1S/C21H14ClF3N2O3S2/c1-11-3-2-4-17-19(11)27-20(31-17)30-15-8-12(7-14(22)10-15)16-9-13(21(23,24)25)5-6-18(16)32(26,28)29/h2-10H,1H3,(H2,26,28,29). The highest BCUT2D eigenvalue weighted by molar-refractivity contribution is 7.89. The van der Waals surface area contributed by atoms with E-state index < -0.39 is 26.7 Å². The summed E-state index contributed by atoms with van der Waals surface area (Å²) in [7, 11) is -4.31. The molecule has 3 aromatic carbocycles. The SMILES string of the molecule is Cc1cccc2sc(Oc3cc(Cl)cc(-c4cc(C(F)(F)F)ccc4S(N)(=O)=O)c3)nc12. The smallest absolute Gasteiger partial charge is 0.416 e. The summed E-state index contributed by atoms with van der Waals surface area (Å²) in [6.45, 7) is 1.91. The molecule has 1 heterocycles. The van der Waals surface area contributed by atoms with Gasteiger partial charge in [-0.1, -0.05) is 35.1 Å². The maximum atomic E-state index is 13.3. The third-order valence-electron chi connectivity index (χ3n) is 4.60. The number of aromatic nitrogens is 1. The molecule has 0 bridgehead atoms. The molecule has 2 N–H and O–H groups in total. The lowest BCUT2D eigenvalue weighted by Crippen LogP contribution is -2.15. The van der Waals surface area contributed by atoms with E-state index in [4.69, 9.17) is 21.5 Å². The van der Waals surface area contributed by atoms with Gasteiger partial charge in [0.15, 0.2) is 0 Å². The zero-order valence-electron chi connectivity index (χ0n) is 16.3. The molecule has 0 aliphatic heterocycles. The average molecular weight is 499 g/mol. The highest BCUT2D eigenvalue weighted by Gasteiger charge is 2.32. The Balaban J connectivity index is 1.82. The molecule has 0 unspecified atom stereocenters. The van der Waals surface area contributed by atoms with Crippen molar-refractivity contribution in [2.24, 2.45) is 5.14 Å². The molecule has 4 rings (SSSR count). The van der Waals surface area contributed by atoms with Gasteiger partial charge in [-0.05, 0) is 60.5 Å². The van der Waals surface area contributed by atoms with Crippen molar-refractivity contribution in [3.8, 4) is 22.1 Å². The van der Waals surface area contributed by atoms with Gasteiger partial charge in [0.05, 0.1) is 20.7 Å². The highest BCUT2D eigenvalue weighted by atomic mass is 35.5. The summed E-state index contributed by atoms with van der Waals surface area (Å²) in [5, 5.41) is 5.67. The number of rotatable bonds is 4.